The van der Waals surface area contributed by atoms with Gasteiger partial charge in [-0.1, -0.05) is 27.2 Å². The molecule has 100 valence electrons. The van der Waals surface area contributed by atoms with Crippen molar-refractivity contribution < 1.29 is 0 Å². The van der Waals surface area contributed by atoms with Gasteiger partial charge in [0.25, 0.3) is 0 Å². The molecule has 1 nitrogen and oxygen atoms in total. The maximum absolute atomic E-state index is 3.97. The van der Waals surface area contributed by atoms with Crippen LogP contribution in [0.2, 0.25) is 0 Å². The average molecular weight is 281 g/mol. The van der Waals surface area contributed by atoms with Gasteiger partial charge < -0.3 is 5.32 Å². The van der Waals surface area contributed by atoms with E-state index >= 15 is 0 Å². The van der Waals surface area contributed by atoms with Gasteiger partial charge in [0.1, 0.15) is 0 Å². The largest absolute Gasteiger partial charge is 0.307 e. The second-order valence-corrected chi connectivity index (χ2v) is 9.10. The molecule has 2 aliphatic rings. The molecule has 3 rings (SSSR count). The van der Waals surface area contributed by atoms with Crippen molar-refractivity contribution in [1.29, 1.82) is 0 Å². The number of fused-ring (bicyclic) bond motifs is 1. The molecule has 0 spiro atoms. The van der Waals surface area contributed by atoms with E-state index < -0.39 is 0 Å². The fourth-order valence-electron chi connectivity index (χ4n) is 3.39. The van der Waals surface area contributed by atoms with Crippen molar-refractivity contribution in [3.63, 3.8) is 0 Å². The topological polar surface area (TPSA) is 12.0 Å². The zero-order chi connectivity index (χ0) is 12.8. The summed E-state index contributed by atoms with van der Waals surface area (Å²) in [5.41, 5.74) is 2.04. The first-order valence-electron chi connectivity index (χ1n) is 7.06. The highest BCUT2D eigenvalue weighted by atomic mass is 32.2. The maximum atomic E-state index is 3.97. The average Bonchev–Trinajstić information content (AvgIpc) is 2.86. The molecule has 3 atom stereocenters. The van der Waals surface area contributed by atoms with Crippen LogP contribution in [0, 0.1) is 5.41 Å². The standard InChI is InChI=1S/C15H23NS2/c1-10-9-12(11-6-8-17-14(11)18-10)16-13-5-4-7-15(13,2)3/h6,8,10,12-13,16H,4-5,7,9H2,1-3H3/t10-,12?,13?/m0/s1. The van der Waals surface area contributed by atoms with Crippen LogP contribution in [0.1, 0.15) is 58.1 Å². The lowest BCUT2D eigenvalue weighted by Crippen LogP contribution is -2.41. The van der Waals surface area contributed by atoms with E-state index in [4.69, 9.17) is 0 Å². The highest BCUT2D eigenvalue weighted by Gasteiger charge is 2.37. The number of thiophene rings is 1. The Morgan fingerprint density at radius 3 is 2.94 bits per heavy atom. The van der Waals surface area contributed by atoms with E-state index in [1.807, 2.05) is 11.3 Å². The molecule has 0 bridgehead atoms. The molecule has 3 heteroatoms. The molecular weight excluding hydrogens is 258 g/mol. The normalized spacial score (nSPS) is 34.5. The van der Waals surface area contributed by atoms with Gasteiger partial charge in [-0.05, 0) is 41.7 Å². The summed E-state index contributed by atoms with van der Waals surface area (Å²) in [6, 6.07) is 3.62. The van der Waals surface area contributed by atoms with Gasteiger partial charge in [-0.3, -0.25) is 0 Å². The van der Waals surface area contributed by atoms with Crippen molar-refractivity contribution >= 4 is 23.1 Å². The van der Waals surface area contributed by atoms with Gasteiger partial charge in [0.05, 0.1) is 4.21 Å². The van der Waals surface area contributed by atoms with E-state index in [9.17, 15) is 0 Å². The van der Waals surface area contributed by atoms with Crippen LogP contribution in [-0.2, 0) is 0 Å². The second kappa shape index (κ2) is 4.84. The Labute approximate surface area is 119 Å². The quantitative estimate of drug-likeness (QED) is 0.832. The smallest absolute Gasteiger partial charge is 0.0649 e. The van der Waals surface area contributed by atoms with Crippen LogP contribution in [0.25, 0.3) is 0 Å². The SMILES string of the molecule is C[C@H]1CC(NC2CCCC2(C)C)c2ccsc2S1. The van der Waals surface area contributed by atoms with Crippen molar-refractivity contribution in [2.24, 2.45) is 5.41 Å². The Morgan fingerprint density at radius 1 is 1.39 bits per heavy atom. The predicted octanol–water partition coefficient (Wildman–Crippen LogP) is 4.84. The van der Waals surface area contributed by atoms with Crippen LogP contribution in [0.4, 0.5) is 0 Å². The van der Waals surface area contributed by atoms with Crippen LogP contribution in [0.3, 0.4) is 0 Å². The fourth-order valence-corrected chi connectivity index (χ4v) is 5.95. The van der Waals surface area contributed by atoms with Gasteiger partial charge in [0.2, 0.25) is 0 Å². The van der Waals surface area contributed by atoms with Crippen molar-refractivity contribution in [2.45, 2.75) is 68.0 Å². The van der Waals surface area contributed by atoms with Crippen molar-refractivity contribution in [1.82, 2.24) is 5.32 Å². The van der Waals surface area contributed by atoms with Gasteiger partial charge in [-0.2, -0.15) is 0 Å². The van der Waals surface area contributed by atoms with Gasteiger partial charge in [-0.25, -0.2) is 0 Å². The second-order valence-electron chi connectivity index (χ2n) is 6.48. The molecule has 1 aromatic heterocycles. The van der Waals surface area contributed by atoms with E-state index in [1.54, 1.807) is 9.77 Å². The minimum atomic E-state index is 0.476. The number of nitrogens with one attached hydrogen (secondary N) is 1. The lowest BCUT2D eigenvalue weighted by Gasteiger charge is -2.35. The number of rotatable bonds is 2. The Morgan fingerprint density at radius 2 is 2.22 bits per heavy atom. The van der Waals surface area contributed by atoms with Crippen molar-refractivity contribution in [3.8, 4) is 0 Å². The molecule has 18 heavy (non-hydrogen) atoms. The molecular formula is C15H23NS2. The van der Waals surface area contributed by atoms with E-state index in [2.05, 4.69) is 49.3 Å². The van der Waals surface area contributed by atoms with E-state index in [1.165, 1.54) is 25.7 Å². The summed E-state index contributed by atoms with van der Waals surface area (Å²) in [7, 11) is 0. The maximum Gasteiger partial charge on any atom is 0.0649 e. The summed E-state index contributed by atoms with van der Waals surface area (Å²) in [6.07, 6.45) is 5.39. The number of hydrogen-bond donors (Lipinski definition) is 1. The molecule has 1 N–H and O–H groups in total. The summed E-state index contributed by atoms with van der Waals surface area (Å²) in [6.45, 7) is 7.21. The highest BCUT2D eigenvalue weighted by molar-refractivity contribution is 8.01. The summed E-state index contributed by atoms with van der Waals surface area (Å²) in [4.78, 5) is 0. The Kier molecular flexibility index (Phi) is 3.50. The van der Waals surface area contributed by atoms with Crippen LogP contribution in [-0.4, -0.2) is 11.3 Å². The number of thioether (sulfide) groups is 1. The van der Waals surface area contributed by atoms with E-state index in [-0.39, 0.29) is 0 Å². The molecule has 0 aromatic carbocycles. The van der Waals surface area contributed by atoms with Crippen molar-refractivity contribution in [3.05, 3.63) is 17.0 Å². The predicted molar refractivity (Wildman–Crippen MR) is 81.6 cm³/mol. The molecule has 1 aromatic rings. The summed E-state index contributed by atoms with van der Waals surface area (Å²) in [5.74, 6) is 0. The molecule has 2 unspecified atom stereocenters. The van der Waals surface area contributed by atoms with Crippen LogP contribution in [0.5, 0.6) is 0 Å². The van der Waals surface area contributed by atoms with Gasteiger partial charge >= 0.3 is 0 Å². The Bertz CT molecular complexity index is 424. The van der Waals surface area contributed by atoms with E-state index in [0.717, 1.165) is 5.25 Å². The van der Waals surface area contributed by atoms with Gasteiger partial charge in [0.15, 0.2) is 0 Å². The van der Waals surface area contributed by atoms with Crippen LogP contribution in [0.15, 0.2) is 15.7 Å². The lowest BCUT2D eigenvalue weighted by molar-refractivity contribution is 0.255. The molecule has 1 aliphatic carbocycles. The van der Waals surface area contributed by atoms with Crippen LogP contribution >= 0.6 is 23.1 Å². The monoisotopic (exact) mass is 281 g/mol. The zero-order valence-corrected chi connectivity index (χ0v) is 13.2. The van der Waals surface area contributed by atoms with Gasteiger partial charge in [0, 0.05) is 17.3 Å². The Balaban J connectivity index is 1.78. The van der Waals surface area contributed by atoms with E-state index in [0.29, 0.717) is 17.5 Å². The molecule has 2 heterocycles. The Hall–Kier alpha value is 0.01000. The zero-order valence-electron chi connectivity index (χ0n) is 11.5. The summed E-state index contributed by atoms with van der Waals surface area (Å²) >= 11 is 3.97. The minimum Gasteiger partial charge on any atom is -0.307 e. The lowest BCUT2D eigenvalue weighted by atomic mass is 9.86. The third-order valence-electron chi connectivity index (χ3n) is 4.57. The molecule has 1 aliphatic heterocycles. The van der Waals surface area contributed by atoms with Crippen molar-refractivity contribution in [2.75, 3.05) is 0 Å². The summed E-state index contributed by atoms with van der Waals surface area (Å²) in [5, 5.41) is 6.98. The first-order valence-corrected chi connectivity index (χ1v) is 8.82. The fraction of sp³-hybridized carbons (Fsp3) is 0.733. The summed E-state index contributed by atoms with van der Waals surface area (Å²) < 4.78 is 1.54. The third kappa shape index (κ3) is 2.37. The number of hydrogen-bond acceptors (Lipinski definition) is 3. The first-order chi connectivity index (χ1) is 8.56. The minimum absolute atomic E-state index is 0.476. The molecule has 0 amide bonds. The van der Waals surface area contributed by atoms with Crippen LogP contribution < -0.4 is 5.32 Å². The first kappa shape index (κ1) is 13.0. The van der Waals surface area contributed by atoms with Gasteiger partial charge in [-0.15, -0.1) is 23.1 Å². The highest BCUT2D eigenvalue weighted by Crippen LogP contribution is 2.46. The molecule has 0 saturated heterocycles. The molecule has 0 radical (unpaired) electrons. The third-order valence-corrected chi connectivity index (χ3v) is 6.91. The molecule has 1 saturated carbocycles. The molecule has 1 fully saturated rings.